The Morgan fingerprint density at radius 3 is 2.92 bits per heavy atom. The highest BCUT2D eigenvalue weighted by atomic mass is 16.2. The molecule has 25 heavy (non-hydrogen) atoms. The number of carbonyl (C=O) groups is 1. The second kappa shape index (κ2) is 6.59. The van der Waals surface area contributed by atoms with E-state index >= 15 is 0 Å². The molecule has 0 saturated heterocycles. The number of amides is 2. The Labute approximate surface area is 147 Å². The molecule has 0 spiro atoms. The van der Waals surface area contributed by atoms with E-state index in [1.165, 1.54) is 5.56 Å². The minimum atomic E-state index is -0.00654. The maximum atomic E-state index is 12.6. The molecule has 1 N–H and O–H groups in total. The number of aromatic nitrogens is 2. The first-order chi connectivity index (χ1) is 12.2. The van der Waals surface area contributed by atoms with Gasteiger partial charge in [0, 0.05) is 24.8 Å². The van der Waals surface area contributed by atoms with Gasteiger partial charge in [-0.3, -0.25) is 4.90 Å². The summed E-state index contributed by atoms with van der Waals surface area (Å²) in [5, 5.41) is 3.06. The third kappa shape index (κ3) is 2.97. The maximum absolute atomic E-state index is 12.6. The lowest BCUT2D eigenvalue weighted by atomic mass is 10.1. The molecule has 0 bridgehead atoms. The molecule has 0 saturated carbocycles. The molecule has 4 rings (SSSR count). The van der Waals surface area contributed by atoms with Gasteiger partial charge in [0.25, 0.3) is 0 Å². The number of nitrogens with zero attached hydrogens (tertiary/aromatic N) is 3. The van der Waals surface area contributed by atoms with E-state index in [4.69, 9.17) is 0 Å². The van der Waals surface area contributed by atoms with Crippen LogP contribution in [0.1, 0.15) is 18.9 Å². The third-order valence-electron chi connectivity index (χ3n) is 4.81. The van der Waals surface area contributed by atoms with Crippen molar-refractivity contribution >= 4 is 22.8 Å². The van der Waals surface area contributed by atoms with Crippen molar-refractivity contribution < 1.29 is 4.79 Å². The van der Waals surface area contributed by atoms with Gasteiger partial charge in [0.05, 0.1) is 17.4 Å². The summed E-state index contributed by atoms with van der Waals surface area (Å²) in [6.07, 6.45) is 3.66. The van der Waals surface area contributed by atoms with Crippen LogP contribution in [0.25, 0.3) is 11.0 Å². The summed E-state index contributed by atoms with van der Waals surface area (Å²) in [4.78, 5) is 18.9. The summed E-state index contributed by atoms with van der Waals surface area (Å²) < 4.78 is 2.13. The van der Waals surface area contributed by atoms with Crippen LogP contribution in [0.3, 0.4) is 0 Å². The topological polar surface area (TPSA) is 50.2 Å². The second-order valence-corrected chi connectivity index (χ2v) is 6.56. The monoisotopic (exact) mass is 334 g/mol. The molecule has 5 nitrogen and oxygen atoms in total. The largest absolute Gasteiger partial charge is 0.338 e. The minimum Gasteiger partial charge on any atom is -0.338 e. The number of urea groups is 1. The Kier molecular flexibility index (Phi) is 4.14. The molecule has 2 aromatic carbocycles. The Bertz CT molecular complexity index is 901. The fourth-order valence-electron chi connectivity index (χ4n) is 3.59. The maximum Gasteiger partial charge on any atom is 0.322 e. The van der Waals surface area contributed by atoms with Crippen molar-refractivity contribution in [1.29, 1.82) is 0 Å². The van der Waals surface area contributed by atoms with Crippen LogP contribution in [-0.2, 0) is 13.0 Å². The molecule has 1 aromatic heterocycles. The van der Waals surface area contributed by atoms with Gasteiger partial charge in [-0.2, -0.15) is 0 Å². The summed E-state index contributed by atoms with van der Waals surface area (Å²) >= 11 is 0. The summed E-state index contributed by atoms with van der Waals surface area (Å²) in [5.74, 6) is 0. The van der Waals surface area contributed by atoms with E-state index in [1.807, 2.05) is 47.6 Å². The van der Waals surface area contributed by atoms with Gasteiger partial charge in [-0.15, -0.1) is 0 Å². The fourth-order valence-corrected chi connectivity index (χ4v) is 3.59. The predicted octanol–water partition coefficient (Wildman–Crippen LogP) is 3.59. The quantitative estimate of drug-likeness (QED) is 0.741. The molecular formula is C20H22N4O. The molecule has 0 radical (unpaired) electrons. The Balaban J connectivity index is 1.34. The zero-order chi connectivity index (χ0) is 17.2. The highest BCUT2D eigenvalue weighted by Gasteiger charge is 2.30. The smallest absolute Gasteiger partial charge is 0.322 e. The number of rotatable bonds is 4. The lowest BCUT2D eigenvalue weighted by molar-refractivity contribution is 0.245. The third-order valence-corrected chi connectivity index (χ3v) is 4.81. The Hall–Kier alpha value is -2.82. The molecular weight excluding hydrogens is 312 g/mol. The molecule has 0 fully saturated rings. The predicted molar refractivity (Wildman–Crippen MR) is 99.8 cm³/mol. The van der Waals surface area contributed by atoms with E-state index in [2.05, 4.69) is 33.9 Å². The summed E-state index contributed by atoms with van der Waals surface area (Å²) in [6, 6.07) is 16.4. The molecule has 1 unspecified atom stereocenters. The Morgan fingerprint density at radius 2 is 2.00 bits per heavy atom. The molecule has 2 heterocycles. The number of aryl methyl sites for hydroxylation is 1. The first kappa shape index (κ1) is 15.7. The highest BCUT2D eigenvalue weighted by Crippen LogP contribution is 2.31. The molecule has 2 amide bonds. The van der Waals surface area contributed by atoms with Crippen LogP contribution in [0, 0.1) is 0 Å². The lowest BCUT2D eigenvalue weighted by Gasteiger charge is -2.23. The number of nitrogens with one attached hydrogen (secondary N) is 1. The van der Waals surface area contributed by atoms with Crippen molar-refractivity contribution in [2.75, 3.05) is 11.4 Å². The average Bonchev–Trinajstić information content (AvgIpc) is 3.18. The van der Waals surface area contributed by atoms with Crippen molar-refractivity contribution in [3.05, 3.63) is 60.4 Å². The van der Waals surface area contributed by atoms with Crippen LogP contribution in [0.4, 0.5) is 10.5 Å². The number of imidazole rings is 1. The van der Waals surface area contributed by atoms with Crippen LogP contribution in [-0.4, -0.2) is 28.2 Å². The standard InChI is InChI=1S/C20H22N4O/c1-15-13-16-7-2-4-9-18(16)24(15)20(25)21-11-6-12-23-14-22-17-8-3-5-10-19(17)23/h2-5,7-10,14-15H,6,11-13H2,1H3,(H,21,25). The number of hydrogen-bond donors (Lipinski definition) is 1. The van der Waals surface area contributed by atoms with Gasteiger partial charge in [-0.1, -0.05) is 30.3 Å². The number of para-hydroxylation sites is 3. The van der Waals surface area contributed by atoms with Gasteiger partial charge in [0.2, 0.25) is 0 Å². The summed E-state index contributed by atoms with van der Waals surface area (Å²) in [5.41, 5.74) is 4.42. The van der Waals surface area contributed by atoms with E-state index in [0.29, 0.717) is 6.54 Å². The van der Waals surface area contributed by atoms with Gasteiger partial charge in [-0.25, -0.2) is 9.78 Å². The number of hydrogen-bond acceptors (Lipinski definition) is 2. The molecule has 1 aliphatic heterocycles. The SMILES string of the molecule is CC1Cc2ccccc2N1C(=O)NCCCn1cnc2ccccc21. The molecule has 0 aliphatic carbocycles. The zero-order valence-corrected chi connectivity index (χ0v) is 14.4. The van der Waals surface area contributed by atoms with Gasteiger partial charge < -0.3 is 9.88 Å². The van der Waals surface area contributed by atoms with E-state index in [9.17, 15) is 4.79 Å². The van der Waals surface area contributed by atoms with Crippen molar-refractivity contribution in [2.24, 2.45) is 0 Å². The number of carbonyl (C=O) groups excluding carboxylic acids is 1. The number of fused-ring (bicyclic) bond motifs is 2. The zero-order valence-electron chi connectivity index (χ0n) is 14.4. The van der Waals surface area contributed by atoms with Crippen molar-refractivity contribution in [3.63, 3.8) is 0 Å². The molecule has 1 aliphatic rings. The van der Waals surface area contributed by atoms with Crippen molar-refractivity contribution in [3.8, 4) is 0 Å². The average molecular weight is 334 g/mol. The van der Waals surface area contributed by atoms with Gasteiger partial charge in [-0.05, 0) is 43.5 Å². The Morgan fingerprint density at radius 1 is 1.20 bits per heavy atom. The van der Waals surface area contributed by atoms with E-state index in [0.717, 1.165) is 36.1 Å². The second-order valence-electron chi connectivity index (χ2n) is 6.56. The lowest BCUT2D eigenvalue weighted by Crippen LogP contribution is -2.43. The summed E-state index contributed by atoms with van der Waals surface area (Å²) in [6.45, 7) is 3.58. The summed E-state index contributed by atoms with van der Waals surface area (Å²) in [7, 11) is 0. The van der Waals surface area contributed by atoms with Crippen LogP contribution in [0.2, 0.25) is 0 Å². The molecule has 1 atom stereocenters. The van der Waals surface area contributed by atoms with Crippen LogP contribution < -0.4 is 10.2 Å². The number of benzene rings is 2. The first-order valence-corrected chi connectivity index (χ1v) is 8.79. The molecule has 5 heteroatoms. The molecule has 128 valence electrons. The van der Waals surface area contributed by atoms with E-state index < -0.39 is 0 Å². The van der Waals surface area contributed by atoms with E-state index in [1.54, 1.807) is 0 Å². The van der Waals surface area contributed by atoms with Gasteiger partial charge in [0.15, 0.2) is 0 Å². The van der Waals surface area contributed by atoms with Crippen molar-refractivity contribution in [1.82, 2.24) is 14.9 Å². The molecule has 3 aromatic rings. The van der Waals surface area contributed by atoms with Crippen LogP contribution in [0.15, 0.2) is 54.9 Å². The van der Waals surface area contributed by atoms with E-state index in [-0.39, 0.29) is 12.1 Å². The van der Waals surface area contributed by atoms with Gasteiger partial charge in [0.1, 0.15) is 0 Å². The minimum absolute atomic E-state index is 0.00654. The fraction of sp³-hybridized carbons (Fsp3) is 0.300. The van der Waals surface area contributed by atoms with Crippen molar-refractivity contribution in [2.45, 2.75) is 32.4 Å². The number of anilines is 1. The normalized spacial score (nSPS) is 16.2. The van der Waals surface area contributed by atoms with Crippen LogP contribution >= 0.6 is 0 Å². The first-order valence-electron chi connectivity index (χ1n) is 8.79. The van der Waals surface area contributed by atoms with Gasteiger partial charge >= 0.3 is 6.03 Å². The highest BCUT2D eigenvalue weighted by molar-refractivity contribution is 5.94. The van der Waals surface area contributed by atoms with Crippen LogP contribution in [0.5, 0.6) is 0 Å².